The summed E-state index contributed by atoms with van der Waals surface area (Å²) in [6.45, 7) is 0. The monoisotopic (exact) mass is 452 g/mol. The summed E-state index contributed by atoms with van der Waals surface area (Å²) < 4.78 is 1.24. The maximum Gasteiger partial charge on any atom is 0.293 e. The normalized spacial score (nSPS) is 15.7. The molecular formula is C25H20N6OS. The van der Waals surface area contributed by atoms with Crippen molar-refractivity contribution in [1.82, 2.24) is 14.9 Å². The van der Waals surface area contributed by atoms with Crippen LogP contribution in [0.15, 0.2) is 106 Å². The molecule has 1 N–H and O–H groups in total. The maximum atomic E-state index is 11.9. The molecule has 4 aromatic rings. The minimum atomic E-state index is -0.392. The summed E-state index contributed by atoms with van der Waals surface area (Å²) >= 11 is 5.07. The van der Waals surface area contributed by atoms with Crippen LogP contribution in [0.5, 0.6) is 0 Å². The number of aromatic amines is 1. The van der Waals surface area contributed by atoms with Gasteiger partial charge in [-0.2, -0.15) is 20.0 Å². The van der Waals surface area contributed by atoms with E-state index in [9.17, 15) is 4.79 Å². The van der Waals surface area contributed by atoms with Gasteiger partial charge in [-0.05, 0) is 41.0 Å². The van der Waals surface area contributed by atoms with E-state index < -0.39 is 5.56 Å². The van der Waals surface area contributed by atoms with E-state index in [0.29, 0.717) is 0 Å². The van der Waals surface area contributed by atoms with Crippen LogP contribution >= 0.6 is 12.2 Å². The zero-order valence-electron chi connectivity index (χ0n) is 17.6. The van der Waals surface area contributed by atoms with Gasteiger partial charge in [-0.1, -0.05) is 72.8 Å². The van der Waals surface area contributed by atoms with Crippen LogP contribution in [0.1, 0.15) is 29.2 Å². The van der Waals surface area contributed by atoms with E-state index in [2.05, 4.69) is 56.7 Å². The van der Waals surface area contributed by atoms with Crippen molar-refractivity contribution >= 4 is 29.8 Å². The third kappa shape index (κ3) is 4.42. The van der Waals surface area contributed by atoms with Crippen LogP contribution in [0, 0.1) is 4.77 Å². The van der Waals surface area contributed by atoms with Crippen molar-refractivity contribution in [1.29, 1.82) is 0 Å². The Kier molecular flexibility index (Phi) is 5.73. The first kappa shape index (κ1) is 20.7. The maximum absolute atomic E-state index is 11.9. The predicted molar refractivity (Wildman–Crippen MR) is 132 cm³/mol. The van der Waals surface area contributed by atoms with Crippen molar-refractivity contribution in [3.05, 3.63) is 123 Å². The Bertz CT molecular complexity index is 1400. The molecule has 0 fully saturated rings. The number of H-pyrrole nitrogens is 1. The van der Waals surface area contributed by atoms with Crippen molar-refractivity contribution in [2.75, 3.05) is 5.01 Å². The van der Waals surface area contributed by atoms with Gasteiger partial charge in [0.15, 0.2) is 0 Å². The molecule has 7 nitrogen and oxygen atoms in total. The predicted octanol–water partition coefficient (Wildman–Crippen LogP) is 4.54. The second-order valence-electron chi connectivity index (χ2n) is 7.55. The van der Waals surface area contributed by atoms with Gasteiger partial charge in [0.25, 0.3) is 5.56 Å². The molecular weight excluding hydrogens is 432 g/mol. The minimum absolute atomic E-state index is 0.106. The first-order chi connectivity index (χ1) is 16.2. The van der Waals surface area contributed by atoms with E-state index in [0.717, 1.165) is 39.8 Å². The summed E-state index contributed by atoms with van der Waals surface area (Å²) in [5, 5.41) is 17.4. The topological polar surface area (TPSA) is 78.6 Å². The Labute approximate surface area is 195 Å². The van der Waals surface area contributed by atoms with E-state index in [1.807, 2.05) is 48.5 Å². The number of anilines is 1. The molecule has 0 bridgehead atoms. The van der Waals surface area contributed by atoms with Crippen LogP contribution in [-0.4, -0.2) is 26.8 Å². The Morgan fingerprint density at radius 2 is 1.67 bits per heavy atom. The summed E-state index contributed by atoms with van der Waals surface area (Å²) in [7, 11) is 0. The molecule has 1 aromatic heterocycles. The molecule has 0 radical (unpaired) electrons. The number of nitrogens with zero attached hydrogens (tertiary/aromatic N) is 5. The van der Waals surface area contributed by atoms with Crippen molar-refractivity contribution in [3.63, 3.8) is 0 Å². The standard InChI is InChI=1S/C25H20N6OS/c32-24-17-26-28-25(33)31(24)27-16-18-11-13-21(14-12-18)30-23(20-9-5-2-6-10-20)15-22(29-30)19-7-3-1-4-8-19/h1-14,16-17,23H,15H2,(H,28,33)/b27-16-/t23-/m1/s1. The van der Waals surface area contributed by atoms with Crippen LogP contribution in [0.25, 0.3) is 0 Å². The van der Waals surface area contributed by atoms with E-state index in [4.69, 9.17) is 17.3 Å². The fourth-order valence-electron chi connectivity index (χ4n) is 3.78. The molecule has 3 aromatic carbocycles. The molecule has 0 amide bonds. The summed E-state index contributed by atoms with van der Waals surface area (Å²) in [5.41, 5.74) is 4.82. The Balaban J connectivity index is 1.45. The molecule has 0 saturated heterocycles. The fourth-order valence-corrected chi connectivity index (χ4v) is 3.97. The first-order valence-corrected chi connectivity index (χ1v) is 10.9. The lowest BCUT2D eigenvalue weighted by Crippen LogP contribution is -2.18. The Morgan fingerprint density at radius 3 is 2.36 bits per heavy atom. The molecule has 0 aliphatic carbocycles. The van der Waals surface area contributed by atoms with E-state index in [-0.39, 0.29) is 10.8 Å². The molecule has 2 heterocycles. The number of hydrogen-bond acceptors (Lipinski definition) is 6. The highest BCUT2D eigenvalue weighted by atomic mass is 32.1. The molecule has 1 atom stereocenters. The number of hydrogen-bond donors (Lipinski definition) is 1. The van der Waals surface area contributed by atoms with Gasteiger partial charge < -0.3 is 0 Å². The van der Waals surface area contributed by atoms with Gasteiger partial charge in [0.1, 0.15) is 6.20 Å². The van der Waals surface area contributed by atoms with Crippen molar-refractivity contribution in [2.24, 2.45) is 10.2 Å². The molecule has 8 heteroatoms. The van der Waals surface area contributed by atoms with Crippen molar-refractivity contribution < 1.29 is 0 Å². The number of hydrazone groups is 1. The van der Waals surface area contributed by atoms with Crippen LogP contribution in [0.3, 0.4) is 0 Å². The van der Waals surface area contributed by atoms with Crippen LogP contribution in [0.2, 0.25) is 0 Å². The van der Waals surface area contributed by atoms with Crippen molar-refractivity contribution in [2.45, 2.75) is 12.5 Å². The summed E-state index contributed by atoms with van der Waals surface area (Å²) in [6.07, 6.45) is 3.54. The van der Waals surface area contributed by atoms with Gasteiger partial charge in [-0.15, -0.1) is 0 Å². The number of benzene rings is 3. The third-order valence-corrected chi connectivity index (χ3v) is 5.68. The van der Waals surface area contributed by atoms with Gasteiger partial charge in [0, 0.05) is 6.42 Å². The lowest BCUT2D eigenvalue weighted by molar-refractivity contribution is 0.709. The highest BCUT2D eigenvalue weighted by Crippen LogP contribution is 2.36. The third-order valence-electron chi connectivity index (χ3n) is 5.42. The van der Waals surface area contributed by atoms with Crippen LogP contribution < -0.4 is 10.6 Å². The van der Waals surface area contributed by atoms with Gasteiger partial charge in [0.05, 0.1) is 23.7 Å². The quantitative estimate of drug-likeness (QED) is 0.356. The zero-order chi connectivity index (χ0) is 22.6. The smallest absolute Gasteiger partial charge is 0.265 e. The van der Waals surface area contributed by atoms with Gasteiger partial charge in [-0.3, -0.25) is 14.9 Å². The lowest BCUT2D eigenvalue weighted by Gasteiger charge is -2.24. The van der Waals surface area contributed by atoms with Gasteiger partial charge in [0.2, 0.25) is 4.77 Å². The summed E-state index contributed by atoms with van der Waals surface area (Å²) in [4.78, 5) is 11.9. The zero-order valence-corrected chi connectivity index (χ0v) is 18.4. The Hall–Kier alpha value is -4.17. The van der Waals surface area contributed by atoms with Crippen molar-refractivity contribution in [3.8, 4) is 0 Å². The molecule has 0 spiro atoms. The minimum Gasteiger partial charge on any atom is -0.265 e. The molecule has 1 aliphatic rings. The van der Waals surface area contributed by atoms with Crippen LogP contribution in [-0.2, 0) is 0 Å². The van der Waals surface area contributed by atoms with E-state index in [1.165, 1.54) is 5.56 Å². The summed E-state index contributed by atoms with van der Waals surface area (Å²) in [5.74, 6) is 0. The highest BCUT2D eigenvalue weighted by Gasteiger charge is 2.29. The first-order valence-electron chi connectivity index (χ1n) is 10.5. The second kappa shape index (κ2) is 9.13. The molecule has 162 valence electrons. The average Bonchev–Trinajstić information content (AvgIpc) is 3.31. The largest absolute Gasteiger partial charge is 0.293 e. The summed E-state index contributed by atoms with van der Waals surface area (Å²) in [6, 6.07) is 28.7. The Morgan fingerprint density at radius 1 is 0.970 bits per heavy atom. The van der Waals surface area contributed by atoms with Crippen LogP contribution in [0.4, 0.5) is 5.69 Å². The molecule has 1 aliphatic heterocycles. The molecule has 5 rings (SSSR count). The average molecular weight is 453 g/mol. The second-order valence-corrected chi connectivity index (χ2v) is 7.94. The molecule has 0 saturated carbocycles. The highest BCUT2D eigenvalue weighted by molar-refractivity contribution is 7.71. The number of nitrogens with one attached hydrogen (secondary N) is 1. The number of rotatable bonds is 5. The number of aromatic nitrogens is 3. The molecule has 33 heavy (non-hydrogen) atoms. The molecule has 0 unspecified atom stereocenters. The lowest BCUT2D eigenvalue weighted by atomic mass is 9.98. The van der Waals surface area contributed by atoms with E-state index in [1.54, 1.807) is 6.21 Å². The fraction of sp³-hybridized carbons (Fsp3) is 0.0800. The SMILES string of the molecule is O=c1cn[nH]c(=S)n1/N=C\c1ccc(N2N=C(c3ccccc3)C[C@@H]2c2ccccc2)cc1. The van der Waals surface area contributed by atoms with Gasteiger partial charge in [-0.25, -0.2) is 0 Å². The van der Waals surface area contributed by atoms with E-state index >= 15 is 0 Å². The van der Waals surface area contributed by atoms with Gasteiger partial charge >= 0.3 is 0 Å².